The molecular weight excluding hydrogens is 238 g/mol. The van der Waals surface area contributed by atoms with E-state index in [1.54, 1.807) is 4.68 Å². The highest BCUT2D eigenvalue weighted by molar-refractivity contribution is 5.85. The van der Waals surface area contributed by atoms with Crippen molar-refractivity contribution in [3.63, 3.8) is 0 Å². The summed E-state index contributed by atoms with van der Waals surface area (Å²) in [7, 11) is 1.92. The van der Waals surface area contributed by atoms with Crippen LogP contribution in [0.5, 0.6) is 0 Å². The fraction of sp³-hybridized carbons (Fsp3) is 0.455. The second kappa shape index (κ2) is 5.72. The van der Waals surface area contributed by atoms with Gasteiger partial charge < -0.3 is 5.32 Å². The number of hydrogen-bond donors (Lipinski definition) is 1. The van der Waals surface area contributed by atoms with Crippen molar-refractivity contribution in [3.05, 3.63) is 29.7 Å². The summed E-state index contributed by atoms with van der Waals surface area (Å²) in [6.45, 7) is 5.74. The minimum absolute atomic E-state index is 0. The van der Waals surface area contributed by atoms with E-state index in [2.05, 4.69) is 28.5 Å². The van der Waals surface area contributed by atoms with Crippen LogP contribution in [0.4, 0.5) is 5.82 Å². The third-order valence-electron chi connectivity index (χ3n) is 2.43. The Morgan fingerprint density at radius 3 is 2.76 bits per heavy atom. The molecule has 0 radical (unpaired) electrons. The van der Waals surface area contributed by atoms with Crippen molar-refractivity contribution in [2.24, 2.45) is 7.05 Å². The number of hydrogen-bond acceptors (Lipinski definition) is 3. The summed E-state index contributed by atoms with van der Waals surface area (Å²) in [5, 5.41) is 11.9. The van der Waals surface area contributed by atoms with Gasteiger partial charge in [-0.2, -0.15) is 10.2 Å². The second-order valence-corrected chi connectivity index (χ2v) is 3.86. The van der Waals surface area contributed by atoms with Crippen LogP contribution in [0.15, 0.2) is 18.5 Å². The monoisotopic (exact) mass is 255 g/mol. The van der Waals surface area contributed by atoms with E-state index < -0.39 is 0 Å². The van der Waals surface area contributed by atoms with Crippen LogP contribution in [-0.2, 0) is 20.1 Å². The molecule has 0 saturated heterocycles. The summed E-state index contributed by atoms with van der Waals surface area (Å²) in [6, 6.07) is 2.06. The van der Waals surface area contributed by atoms with Gasteiger partial charge in [-0.15, -0.1) is 12.4 Å². The molecule has 17 heavy (non-hydrogen) atoms. The Morgan fingerprint density at radius 1 is 1.41 bits per heavy atom. The van der Waals surface area contributed by atoms with Crippen molar-refractivity contribution in [1.29, 1.82) is 0 Å². The van der Waals surface area contributed by atoms with Crippen LogP contribution in [0.2, 0.25) is 0 Å². The van der Waals surface area contributed by atoms with E-state index in [0.717, 1.165) is 24.6 Å². The fourth-order valence-corrected chi connectivity index (χ4v) is 1.68. The van der Waals surface area contributed by atoms with Gasteiger partial charge in [-0.05, 0) is 13.8 Å². The molecule has 0 aliphatic rings. The smallest absolute Gasteiger partial charge is 0.124 e. The molecule has 0 atom stereocenters. The first kappa shape index (κ1) is 13.6. The summed E-state index contributed by atoms with van der Waals surface area (Å²) in [5.41, 5.74) is 2.21. The zero-order valence-electron chi connectivity index (χ0n) is 10.3. The lowest BCUT2D eigenvalue weighted by Gasteiger charge is -2.06. The van der Waals surface area contributed by atoms with Crippen molar-refractivity contribution < 1.29 is 0 Å². The molecule has 0 amide bonds. The van der Waals surface area contributed by atoms with E-state index in [-0.39, 0.29) is 12.4 Å². The molecule has 2 heterocycles. The number of aryl methyl sites for hydroxylation is 3. The molecule has 2 rings (SSSR count). The van der Waals surface area contributed by atoms with Gasteiger partial charge in [-0.25, -0.2) is 4.68 Å². The lowest BCUT2D eigenvalue weighted by Crippen LogP contribution is -2.06. The van der Waals surface area contributed by atoms with Gasteiger partial charge in [0.05, 0.1) is 11.9 Å². The Labute approximate surface area is 107 Å². The van der Waals surface area contributed by atoms with Gasteiger partial charge in [0.1, 0.15) is 5.82 Å². The van der Waals surface area contributed by atoms with Crippen molar-refractivity contribution in [2.75, 3.05) is 5.32 Å². The first-order valence-corrected chi connectivity index (χ1v) is 5.45. The average molecular weight is 256 g/mol. The fourth-order valence-electron chi connectivity index (χ4n) is 1.68. The maximum atomic E-state index is 4.38. The van der Waals surface area contributed by atoms with Crippen LogP contribution in [0.25, 0.3) is 0 Å². The molecule has 94 valence electrons. The Balaban J connectivity index is 0.00000144. The maximum absolute atomic E-state index is 4.38. The molecule has 1 N–H and O–H groups in total. The standard InChI is InChI=1S/C11H17N5.ClH/c1-4-16-11(5-9(2)14-16)12-6-10-7-13-15(3)8-10;/h5,7-8,12H,4,6H2,1-3H3;1H. The lowest BCUT2D eigenvalue weighted by atomic mass is 10.3. The predicted octanol–water partition coefficient (Wildman–Crippen LogP) is 1.98. The van der Waals surface area contributed by atoms with Crippen LogP contribution < -0.4 is 5.32 Å². The van der Waals surface area contributed by atoms with E-state index in [4.69, 9.17) is 0 Å². The minimum Gasteiger partial charge on any atom is -0.366 e. The number of aromatic nitrogens is 4. The van der Waals surface area contributed by atoms with Crippen LogP contribution in [-0.4, -0.2) is 19.6 Å². The van der Waals surface area contributed by atoms with Crippen LogP contribution in [0.3, 0.4) is 0 Å². The van der Waals surface area contributed by atoms with Gasteiger partial charge in [0.25, 0.3) is 0 Å². The first-order chi connectivity index (χ1) is 7.69. The molecule has 5 nitrogen and oxygen atoms in total. The number of nitrogens with one attached hydrogen (secondary N) is 1. The molecule has 0 fully saturated rings. The Morgan fingerprint density at radius 2 is 2.18 bits per heavy atom. The lowest BCUT2D eigenvalue weighted by molar-refractivity contribution is 0.657. The van der Waals surface area contributed by atoms with Crippen LogP contribution >= 0.6 is 12.4 Å². The third-order valence-corrected chi connectivity index (χ3v) is 2.43. The zero-order valence-corrected chi connectivity index (χ0v) is 11.2. The maximum Gasteiger partial charge on any atom is 0.124 e. The molecule has 6 heteroatoms. The molecule has 0 spiro atoms. The number of nitrogens with zero attached hydrogens (tertiary/aromatic N) is 4. The van der Waals surface area contributed by atoms with Crippen molar-refractivity contribution in [1.82, 2.24) is 19.6 Å². The molecule has 0 aromatic carbocycles. The van der Waals surface area contributed by atoms with Gasteiger partial charge in [0.15, 0.2) is 0 Å². The topological polar surface area (TPSA) is 47.7 Å². The molecule has 0 saturated carbocycles. The summed E-state index contributed by atoms with van der Waals surface area (Å²) in [5.74, 6) is 1.06. The van der Waals surface area contributed by atoms with E-state index >= 15 is 0 Å². The summed E-state index contributed by atoms with van der Waals surface area (Å²) in [4.78, 5) is 0. The van der Waals surface area contributed by atoms with Crippen LogP contribution in [0.1, 0.15) is 18.2 Å². The van der Waals surface area contributed by atoms with Crippen LogP contribution in [0, 0.1) is 6.92 Å². The number of halogens is 1. The second-order valence-electron chi connectivity index (χ2n) is 3.86. The predicted molar refractivity (Wildman–Crippen MR) is 70.4 cm³/mol. The largest absolute Gasteiger partial charge is 0.366 e. The third kappa shape index (κ3) is 3.23. The zero-order chi connectivity index (χ0) is 11.5. The average Bonchev–Trinajstić information content (AvgIpc) is 2.81. The highest BCUT2D eigenvalue weighted by Gasteiger charge is 2.03. The Bertz CT molecular complexity index is 474. The quantitative estimate of drug-likeness (QED) is 0.909. The Kier molecular flexibility index (Phi) is 4.57. The van der Waals surface area contributed by atoms with Gasteiger partial charge in [0.2, 0.25) is 0 Å². The SMILES string of the molecule is CCn1nc(C)cc1NCc1cnn(C)c1.Cl. The highest BCUT2D eigenvalue weighted by atomic mass is 35.5. The number of rotatable bonds is 4. The first-order valence-electron chi connectivity index (χ1n) is 5.45. The van der Waals surface area contributed by atoms with E-state index in [1.165, 1.54) is 5.56 Å². The van der Waals surface area contributed by atoms with Gasteiger partial charge in [-0.1, -0.05) is 0 Å². The minimum atomic E-state index is 0. The van der Waals surface area contributed by atoms with Crippen molar-refractivity contribution >= 4 is 18.2 Å². The highest BCUT2D eigenvalue weighted by Crippen LogP contribution is 2.11. The van der Waals surface area contributed by atoms with E-state index in [0.29, 0.717) is 0 Å². The number of anilines is 1. The van der Waals surface area contributed by atoms with Gasteiger partial charge >= 0.3 is 0 Å². The van der Waals surface area contributed by atoms with Gasteiger partial charge in [-0.3, -0.25) is 4.68 Å². The van der Waals surface area contributed by atoms with E-state index in [1.807, 2.05) is 31.0 Å². The molecule has 2 aromatic rings. The molecular formula is C11H18ClN5. The van der Waals surface area contributed by atoms with Crippen molar-refractivity contribution in [3.8, 4) is 0 Å². The molecule has 2 aromatic heterocycles. The normalized spacial score (nSPS) is 10.1. The summed E-state index contributed by atoms with van der Waals surface area (Å²) in [6.07, 6.45) is 3.87. The van der Waals surface area contributed by atoms with Crippen molar-refractivity contribution in [2.45, 2.75) is 26.9 Å². The Hall–Kier alpha value is -1.49. The molecule has 0 unspecified atom stereocenters. The summed E-state index contributed by atoms with van der Waals surface area (Å²) < 4.78 is 3.77. The molecule has 0 bridgehead atoms. The summed E-state index contributed by atoms with van der Waals surface area (Å²) >= 11 is 0. The molecule has 0 aliphatic carbocycles. The van der Waals surface area contributed by atoms with E-state index in [9.17, 15) is 0 Å². The van der Waals surface area contributed by atoms with Gasteiger partial charge in [0, 0.05) is 38.0 Å². The molecule has 0 aliphatic heterocycles.